The zero-order valence-corrected chi connectivity index (χ0v) is 17.9. The molecule has 0 atom stereocenters. The summed E-state index contributed by atoms with van der Waals surface area (Å²) >= 11 is 0. The molecular weight excluding hydrogens is 403 g/mol. The standard InChI is InChI=1S/C22H23FN4O4/c1-13-7-6-8-15(11-13)24-20(28)19-14(2)21(26(25-19)22(3,4)5)31-18-10-9-16(27(29)30)12-17(18)23/h6-12H,1-5H3,(H,24,28). The van der Waals surface area contributed by atoms with Crippen molar-refractivity contribution in [2.75, 3.05) is 5.32 Å². The summed E-state index contributed by atoms with van der Waals surface area (Å²) in [6, 6.07) is 10.5. The molecule has 162 valence electrons. The average molecular weight is 426 g/mol. The van der Waals surface area contributed by atoms with Gasteiger partial charge < -0.3 is 10.1 Å². The maximum atomic E-state index is 14.4. The summed E-state index contributed by atoms with van der Waals surface area (Å²) in [5, 5.41) is 18.1. The molecule has 0 fully saturated rings. The van der Waals surface area contributed by atoms with E-state index in [-0.39, 0.29) is 23.0 Å². The lowest BCUT2D eigenvalue weighted by Crippen LogP contribution is -2.24. The van der Waals surface area contributed by atoms with E-state index >= 15 is 0 Å². The lowest BCUT2D eigenvalue weighted by atomic mass is 10.1. The minimum atomic E-state index is -0.888. The molecule has 0 saturated carbocycles. The number of carbonyl (C=O) groups is 1. The van der Waals surface area contributed by atoms with E-state index in [2.05, 4.69) is 10.4 Å². The fourth-order valence-corrected chi connectivity index (χ4v) is 2.97. The molecule has 1 N–H and O–H groups in total. The van der Waals surface area contributed by atoms with Crippen LogP contribution in [0.5, 0.6) is 11.6 Å². The number of ether oxygens (including phenoxy) is 1. The summed E-state index contributed by atoms with van der Waals surface area (Å²) in [6.07, 6.45) is 0. The van der Waals surface area contributed by atoms with Crippen LogP contribution in [0.1, 0.15) is 42.4 Å². The van der Waals surface area contributed by atoms with Crippen LogP contribution < -0.4 is 10.1 Å². The predicted octanol–water partition coefficient (Wildman–Crippen LogP) is 5.35. The second kappa shape index (κ2) is 8.17. The van der Waals surface area contributed by atoms with Crippen LogP contribution in [0.2, 0.25) is 0 Å². The van der Waals surface area contributed by atoms with Crippen molar-refractivity contribution in [3.8, 4) is 11.6 Å². The molecule has 1 amide bonds. The quantitative estimate of drug-likeness (QED) is 0.438. The third-order valence-corrected chi connectivity index (χ3v) is 4.53. The Hall–Kier alpha value is -3.75. The van der Waals surface area contributed by atoms with Gasteiger partial charge in [-0.05, 0) is 58.4 Å². The minimum absolute atomic E-state index is 0.133. The van der Waals surface area contributed by atoms with Crippen LogP contribution in [0.4, 0.5) is 15.8 Å². The maximum absolute atomic E-state index is 14.4. The van der Waals surface area contributed by atoms with E-state index in [1.54, 1.807) is 13.0 Å². The van der Waals surface area contributed by atoms with Crippen molar-refractivity contribution in [2.24, 2.45) is 0 Å². The summed E-state index contributed by atoms with van der Waals surface area (Å²) in [4.78, 5) is 23.0. The molecule has 0 saturated heterocycles. The van der Waals surface area contributed by atoms with Gasteiger partial charge in [0.05, 0.1) is 16.5 Å². The Morgan fingerprint density at radius 2 is 1.90 bits per heavy atom. The summed E-state index contributed by atoms with van der Waals surface area (Å²) in [5.74, 6) is -1.35. The van der Waals surface area contributed by atoms with Crippen LogP contribution in [0.15, 0.2) is 42.5 Å². The maximum Gasteiger partial charge on any atom is 0.276 e. The smallest absolute Gasteiger partial charge is 0.276 e. The van der Waals surface area contributed by atoms with Crippen molar-refractivity contribution in [3.05, 3.63) is 75.2 Å². The van der Waals surface area contributed by atoms with Gasteiger partial charge >= 0.3 is 0 Å². The Morgan fingerprint density at radius 3 is 2.48 bits per heavy atom. The molecule has 8 nitrogen and oxygen atoms in total. The predicted molar refractivity (Wildman–Crippen MR) is 114 cm³/mol. The third-order valence-electron chi connectivity index (χ3n) is 4.53. The number of amides is 1. The number of benzene rings is 2. The van der Waals surface area contributed by atoms with Gasteiger partial charge in [-0.15, -0.1) is 0 Å². The Labute approximate surface area is 178 Å². The molecule has 31 heavy (non-hydrogen) atoms. The van der Waals surface area contributed by atoms with Crippen molar-refractivity contribution < 1.29 is 18.8 Å². The molecule has 0 unspecified atom stereocenters. The molecule has 9 heteroatoms. The summed E-state index contributed by atoms with van der Waals surface area (Å²) in [7, 11) is 0. The number of hydrogen-bond acceptors (Lipinski definition) is 5. The fraction of sp³-hybridized carbons (Fsp3) is 0.273. The first-order chi connectivity index (χ1) is 14.5. The Kier molecular flexibility index (Phi) is 5.79. The fourth-order valence-electron chi connectivity index (χ4n) is 2.97. The van der Waals surface area contributed by atoms with E-state index in [9.17, 15) is 19.3 Å². The average Bonchev–Trinajstić information content (AvgIpc) is 3.00. The minimum Gasteiger partial charge on any atom is -0.436 e. The molecule has 3 rings (SSSR count). The SMILES string of the molecule is Cc1cccc(NC(=O)c2nn(C(C)(C)C)c(Oc3ccc([N+](=O)[O-])cc3F)c2C)c1. The normalized spacial score (nSPS) is 11.3. The molecule has 0 spiro atoms. The number of nitro groups is 1. The first-order valence-corrected chi connectivity index (χ1v) is 9.57. The van der Waals surface area contributed by atoms with Gasteiger partial charge in [-0.25, -0.2) is 9.07 Å². The molecule has 1 heterocycles. The van der Waals surface area contributed by atoms with Crippen LogP contribution in [0.3, 0.4) is 0 Å². The Balaban J connectivity index is 1.99. The molecule has 0 aliphatic rings. The van der Waals surface area contributed by atoms with Gasteiger partial charge in [0.25, 0.3) is 11.6 Å². The van der Waals surface area contributed by atoms with Crippen LogP contribution in [0, 0.1) is 29.8 Å². The number of nitrogens with one attached hydrogen (secondary N) is 1. The molecule has 0 bridgehead atoms. The molecule has 1 aromatic heterocycles. The number of nitrogens with zero attached hydrogens (tertiary/aromatic N) is 3. The number of halogens is 1. The highest BCUT2D eigenvalue weighted by atomic mass is 19.1. The highest BCUT2D eigenvalue weighted by Crippen LogP contribution is 2.34. The van der Waals surface area contributed by atoms with Gasteiger partial charge in [0.15, 0.2) is 17.3 Å². The molecule has 3 aromatic rings. The van der Waals surface area contributed by atoms with Crippen molar-refractivity contribution in [1.29, 1.82) is 0 Å². The van der Waals surface area contributed by atoms with Crippen molar-refractivity contribution in [1.82, 2.24) is 9.78 Å². The highest BCUT2D eigenvalue weighted by Gasteiger charge is 2.28. The van der Waals surface area contributed by atoms with Crippen molar-refractivity contribution >= 4 is 17.3 Å². The summed E-state index contributed by atoms with van der Waals surface area (Å²) < 4.78 is 21.7. The number of hydrogen-bond donors (Lipinski definition) is 1. The van der Waals surface area contributed by atoms with Gasteiger partial charge in [-0.3, -0.25) is 14.9 Å². The van der Waals surface area contributed by atoms with E-state index in [4.69, 9.17) is 4.74 Å². The van der Waals surface area contributed by atoms with Gasteiger partial charge in [-0.2, -0.15) is 5.10 Å². The van der Waals surface area contributed by atoms with Crippen molar-refractivity contribution in [2.45, 2.75) is 40.2 Å². The van der Waals surface area contributed by atoms with E-state index in [1.807, 2.05) is 45.9 Å². The van der Waals surface area contributed by atoms with E-state index in [0.717, 1.165) is 17.7 Å². The molecule has 0 radical (unpaired) electrons. The van der Waals surface area contributed by atoms with Crippen LogP contribution >= 0.6 is 0 Å². The van der Waals surface area contributed by atoms with Crippen LogP contribution in [-0.4, -0.2) is 20.6 Å². The largest absolute Gasteiger partial charge is 0.436 e. The first-order valence-electron chi connectivity index (χ1n) is 9.57. The Morgan fingerprint density at radius 1 is 1.19 bits per heavy atom. The van der Waals surface area contributed by atoms with E-state index < -0.39 is 22.2 Å². The van der Waals surface area contributed by atoms with Gasteiger partial charge in [0.2, 0.25) is 5.88 Å². The second-order valence-corrected chi connectivity index (χ2v) is 8.16. The molecular formula is C22H23FN4O4. The number of aryl methyl sites for hydroxylation is 1. The summed E-state index contributed by atoms with van der Waals surface area (Å²) in [5.41, 5.74) is 1.20. The molecule has 0 aliphatic carbocycles. The molecule has 2 aromatic carbocycles. The third kappa shape index (κ3) is 4.71. The zero-order chi connectivity index (χ0) is 22.9. The van der Waals surface area contributed by atoms with Gasteiger partial charge in [0.1, 0.15) is 0 Å². The Bertz CT molecular complexity index is 1160. The van der Waals surface area contributed by atoms with E-state index in [0.29, 0.717) is 11.3 Å². The number of anilines is 1. The highest BCUT2D eigenvalue weighted by molar-refractivity contribution is 6.04. The van der Waals surface area contributed by atoms with E-state index in [1.165, 1.54) is 10.7 Å². The summed E-state index contributed by atoms with van der Waals surface area (Å²) in [6.45, 7) is 9.15. The second-order valence-electron chi connectivity index (χ2n) is 8.16. The zero-order valence-electron chi connectivity index (χ0n) is 17.9. The number of nitro benzene ring substituents is 1. The molecule has 0 aliphatic heterocycles. The topological polar surface area (TPSA) is 99.3 Å². The first kappa shape index (κ1) is 21.9. The lowest BCUT2D eigenvalue weighted by Gasteiger charge is -2.22. The number of aromatic nitrogens is 2. The van der Waals surface area contributed by atoms with Gasteiger partial charge in [0, 0.05) is 17.3 Å². The number of rotatable bonds is 5. The van der Waals surface area contributed by atoms with Crippen molar-refractivity contribution in [3.63, 3.8) is 0 Å². The van der Waals surface area contributed by atoms with Crippen LogP contribution in [-0.2, 0) is 5.54 Å². The lowest BCUT2D eigenvalue weighted by molar-refractivity contribution is -0.385. The van der Waals surface area contributed by atoms with Gasteiger partial charge in [-0.1, -0.05) is 12.1 Å². The number of carbonyl (C=O) groups excluding carboxylic acids is 1. The monoisotopic (exact) mass is 426 g/mol. The number of non-ortho nitro benzene ring substituents is 1. The van der Waals surface area contributed by atoms with Crippen LogP contribution in [0.25, 0.3) is 0 Å².